The van der Waals surface area contributed by atoms with Gasteiger partial charge in [0, 0.05) is 11.9 Å². The Morgan fingerprint density at radius 3 is 2.50 bits per heavy atom. The first-order chi connectivity index (χ1) is 5.74. The Labute approximate surface area is 71.9 Å². The fraction of sp³-hybridized carbons (Fsp3) is 0.222. The molecule has 0 heterocycles. The van der Waals surface area contributed by atoms with Crippen LogP contribution in [-0.2, 0) is 0 Å². The van der Waals surface area contributed by atoms with Gasteiger partial charge in [-0.15, -0.1) is 0 Å². The summed E-state index contributed by atoms with van der Waals surface area (Å²) < 4.78 is 11.7. The van der Waals surface area contributed by atoms with Crippen molar-refractivity contribution in [3.05, 3.63) is 35.4 Å². The molecule has 0 bridgehead atoms. The summed E-state index contributed by atoms with van der Waals surface area (Å²) in [5, 5.41) is 0. The summed E-state index contributed by atoms with van der Waals surface area (Å²) in [7, 11) is 0.377. The Kier molecular flexibility index (Phi) is 3.03. The van der Waals surface area contributed by atoms with E-state index in [9.17, 15) is 9.11 Å². The Hall–Kier alpha value is -1.12. The van der Waals surface area contributed by atoms with Gasteiger partial charge in [-0.05, 0) is 6.92 Å². The highest BCUT2D eigenvalue weighted by molar-refractivity contribution is 6.35. The highest BCUT2D eigenvalue weighted by atomic mass is 19.1. The van der Waals surface area contributed by atoms with Crippen LogP contribution in [0.2, 0.25) is 6.32 Å². The topological polar surface area (TPSA) is 17.1 Å². The monoisotopic (exact) mass is 163 g/mol. The highest BCUT2D eigenvalue weighted by Gasteiger charge is 2.05. The van der Waals surface area contributed by atoms with Crippen molar-refractivity contribution in [3.8, 4) is 0 Å². The van der Waals surface area contributed by atoms with Gasteiger partial charge in [0.05, 0.1) is 0 Å². The summed E-state index contributed by atoms with van der Waals surface area (Å²) in [5.74, 6) is -0.183. The summed E-state index contributed by atoms with van der Waals surface area (Å²) in [4.78, 5) is 11.1. The summed E-state index contributed by atoms with van der Waals surface area (Å²) in [6.07, 6.45) is -0.136. The second-order valence-corrected chi connectivity index (χ2v) is 2.65. The normalized spacial score (nSPS) is 9.50. The van der Waals surface area contributed by atoms with Crippen LogP contribution in [0.25, 0.3) is 0 Å². The van der Waals surface area contributed by atoms with Gasteiger partial charge in [-0.1, -0.05) is 29.8 Å². The lowest BCUT2D eigenvalue weighted by atomic mass is 9.92. The third kappa shape index (κ3) is 2.19. The highest BCUT2D eigenvalue weighted by Crippen LogP contribution is 2.05. The Bertz CT molecular complexity index is 268. The third-order valence-electron chi connectivity index (χ3n) is 1.64. The first-order valence-corrected chi connectivity index (χ1v) is 3.76. The zero-order valence-electron chi connectivity index (χ0n) is 6.88. The molecule has 0 saturated carbocycles. The molecule has 1 radical (unpaired) electrons. The van der Waals surface area contributed by atoms with Crippen molar-refractivity contribution < 1.29 is 9.11 Å². The smallest absolute Gasteiger partial charge is 0.342 e. The van der Waals surface area contributed by atoms with E-state index in [2.05, 4.69) is 0 Å². The molecule has 0 unspecified atom stereocenters. The van der Waals surface area contributed by atoms with Crippen molar-refractivity contribution in [1.29, 1.82) is 0 Å². The predicted molar refractivity (Wildman–Crippen MR) is 47.2 cm³/mol. The van der Waals surface area contributed by atoms with Gasteiger partial charge in [0.15, 0.2) is 5.78 Å². The Morgan fingerprint density at radius 1 is 1.42 bits per heavy atom. The quantitative estimate of drug-likeness (QED) is 0.492. The molecule has 0 aromatic heterocycles. The van der Waals surface area contributed by atoms with E-state index < -0.39 is 0 Å². The molecule has 0 N–H and O–H groups in total. The second kappa shape index (κ2) is 4.05. The van der Waals surface area contributed by atoms with E-state index in [-0.39, 0.29) is 12.1 Å². The van der Waals surface area contributed by atoms with Crippen molar-refractivity contribution in [2.75, 3.05) is 0 Å². The van der Waals surface area contributed by atoms with E-state index in [0.29, 0.717) is 13.1 Å². The molecule has 1 rings (SSSR count). The number of rotatable bonds is 3. The molecule has 0 amide bonds. The fourth-order valence-corrected chi connectivity index (χ4v) is 0.927. The first kappa shape index (κ1) is 8.98. The lowest BCUT2D eigenvalue weighted by Crippen LogP contribution is -1.99. The Morgan fingerprint density at radius 2 is 2.00 bits per heavy atom. The van der Waals surface area contributed by atoms with Gasteiger partial charge in [-0.25, -0.2) is 0 Å². The van der Waals surface area contributed by atoms with Crippen LogP contribution in [-0.4, -0.2) is 13.3 Å². The van der Waals surface area contributed by atoms with Crippen molar-refractivity contribution in [2.45, 2.75) is 13.2 Å². The van der Waals surface area contributed by atoms with E-state index in [0.717, 1.165) is 5.56 Å². The molecule has 0 aliphatic heterocycles. The van der Waals surface area contributed by atoms with Crippen LogP contribution in [0.1, 0.15) is 15.9 Å². The maximum absolute atomic E-state index is 11.7. The molecule has 1 nitrogen and oxygen atoms in total. The van der Waals surface area contributed by atoms with Gasteiger partial charge in [0.2, 0.25) is 0 Å². The van der Waals surface area contributed by atoms with Gasteiger partial charge >= 0.3 is 7.56 Å². The lowest BCUT2D eigenvalue weighted by Gasteiger charge is -1.97. The minimum absolute atomic E-state index is 0.136. The largest absolute Gasteiger partial charge is 0.362 e. The van der Waals surface area contributed by atoms with E-state index in [1.54, 1.807) is 12.1 Å². The fourth-order valence-electron chi connectivity index (χ4n) is 0.927. The van der Waals surface area contributed by atoms with Crippen LogP contribution in [0.15, 0.2) is 24.3 Å². The molecule has 0 fully saturated rings. The minimum Gasteiger partial charge on any atom is -0.342 e. The van der Waals surface area contributed by atoms with Crippen LogP contribution in [0, 0.1) is 6.92 Å². The lowest BCUT2D eigenvalue weighted by molar-refractivity contribution is 0.101. The second-order valence-electron chi connectivity index (χ2n) is 2.65. The Balaban J connectivity index is 2.75. The van der Waals surface area contributed by atoms with Gasteiger partial charge in [0.25, 0.3) is 0 Å². The predicted octanol–water partition coefficient (Wildman–Crippen LogP) is 2.18. The number of hydrogen-bond acceptors (Lipinski definition) is 1. The third-order valence-corrected chi connectivity index (χ3v) is 1.64. The van der Waals surface area contributed by atoms with E-state index in [4.69, 9.17) is 0 Å². The van der Waals surface area contributed by atoms with Crippen LogP contribution < -0.4 is 0 Å². The number of carbonyl (C=O) groups is 1. The van der Waals surface area contributed by atoms with Crippen LogP contribution >= 0.6 is 0 Å². The number of halogens is 1. The number of aryl methyl sites for hydroxylation is 1. The number of benzene rings is 1. The standard InChI is InChI=1S/C9H9BFO/c1-7-2-4-8(5-3-7)9(12)6-10-11/h2-5H,6H2,1H3. The summed E-state index contributed by atoms with van der Waals surface area (Å²) in [6.45, 7) is 1.94. The van der Waals surface area contributed by atoms with Crippen molar-refractivity contribution in [1.82, 2.24) is 0 Å². The summed E-state index contributed by atoms with van der Waals surface area (Å²) in [5.41, 5.74) is 1.66. The van der Waals surface area contributed by atoms with Crippen molar-refractivity contribution in [3.63, 3.8) is 0 Å². The zero-order chi connectivity index (χ0) is 8.97. The number of Topliss-reactive ketones (excluding diaryl/α,β-unsaturated/α-hetero) is 1. The first-order valence-electron chi connectivity index (χ1n) is 3.76. The van der Waals surface area contributed by atoms with Crippen LogP contribution in [0.4, 0.5) is 4.32 Å². The molecule has 12 heavy (non-hydrogen) atoms. The van der Waals surface area contributed by atoms with Crippen molar-refractivity contribution in [2.24, 2.45) is 0 Å². The maximum atomic E-state index is 11.7. The summed E-state index contributed by atoms with van der Waals surface area (Å²) in [6, 6.07) is 7.10. The van der Waals surface area contributed by atoms with E-state index >= 15 is 0 Å². The zero-order valence-corrected chi connectivity index (χ0v) is 6.88. The number of ketones is 1. The average Bonchev–Trinajstić information content (AvgIpc) is 2.06. The number of carbonyl (C=O) groups excluding carboxylic acids is 1. The molecule has 0 spiro atoms. The van der Waals surface area contributed by atoms with Crippen molar-refractivity contribution >= 4 is 13.3 Å². The molecular weight excluding hydrogens is 154 g/mol. The molecule has 1 aromatic carbocycles. The van der Waals surface area contributed by atoms with Crippen LogP contribution in [0.3, 0.4) is 0 Å². The van der Waals surface area contributed by atoms with E-state index in [1.165, 1.54) is 0 Å². The maximum Gasteiger partial charge on any atom is 0.362 e. The minimum atomic E-state index is -0.183. The molecule has 1 aromatic rings. The van der Waals surface area contributed by atoms with Gasteiger partial charge in [-0.2, -0.15) is 0 Å². The number of hydrogen-bond donors (Lipinski definition) is 0. The van der Waals surface area contributed by atoms with Gasteiger partial charge < -0.3 is 4.32 Å². The molecule has 0 saturated heterocycles. The van der Waals surface area contributed by atoms with Gasteiger partial charge in [0.1, 0.15) is 0 Å². The molecule has 61 valence electrons. The molecular formula is C9H9BFO. The SMILES string of the molecule is Cc1ccc(C(=O)C[B]F)cc1. The van der Waals surface area contributed by atoms with Crippen LogP contribution in [0.5, 0.6) is 0 Å². The average molecular weight is 163 g/mol. The summed E-state index contributed by atoms with van der Waals surface area (Å²) >= 11 is 0. The molecule has 3 heteroatoms. The molecule has 0 aliphatic carbocycles. The molecule has 0 aliphatic rings. The molecule has 0 atom stereocenters. The van der Waals surface area contributed by atoms with Gasteiger partial charge in [-0.3, -0.25) is 4.79 Å². The van der Waals surface area contributed by atoms with E-state index in [1.807, 2.05) is 19.1 Å².